The summed E-state index contributed by atoms with van der Waals surface area (Å²) in [5, 5.41) is 19.6. The van der Waals surface area contributed by atoms with Crippen molar-refractivity contribution in [2.45, 2.75) is 25.0 Å². The first-order valence-corrected chi connectivity index (χ1v) is 8.61. The van der Waals surface area contributed by atoms with E-state index in [0.717, 1.165) is 5.56 Å². The van der Waals surface area contributed by atoms with Gasteiger partial charge in [-0.1, -0.05) is 30.3 Å². The zero-order valence-corrected chi connectivity index (χ0v) is 15.1. The van der Waals surface area contributed by atoms with E-state index < -0.39 is 18.4 Å². The molecule has 9 nitrogen and oxygen atoms in total. The molecule has 1 saturated heterocycles. The smallest absolute Gasteiger partial charge is 0.301 e. The van der Waals surface area contributed by atoms with Gasteiger partial charge in [0.05, 0.1) is 6.61 Å². The molecule has 3 atom stereocenters. The van der Waals surface area contributed by atoms with Gasteiger partial charge in [0.2, 0.25) is 0 Å². The molecule has 1 aliphatic rings. The van der Waals surface area contributed by atoms with E-state index in [4.69, 9.17) is 9.47 Å². The lowest BCUT2D eigenvalue weighted by atomic mass is 10.1. The third-order valence-corrected chi connectivity index (χ3v) is 4.48. The number of fused-ring (bicyclic) bond motifs is 1. The van der Waals surface area contributed by atoms with Crippen molar-refractivity contribution in [2.75, 3.05) is 25.6 Å². The molecule has 2 N–H and O–H groups in total. The van der Waals surface area contributed by atoms with Gasteiger partial charge in [-0.15, -0.1) is 0 Å². The fourth-order valence-electron chi connectivity index (χ4n) is 3.06. The maximum absolute atomic E-state index is 10.3. The second-order valence-corrected chi connectivity index (χ2v) is 6.54. The van der Waals surface area contributed by atoms with Crippen LogP contribution in [0.15, 0.2) is 36.7 Å². The van der Waals surface area contributed by atoms with Crippen LogP contribution in [0.4, 0.5) is 5.82 Å². The summed E-state index contributed by atoms with van der Waals surface area (Å²) in [5.41, 5.74) is 2.03. The number of nitrogens with zero attached hydrogens (tertiary/aromatic N) is 5. The third-order valence-electron chi connectivity index (χ3n) is 4.48. The van der Waals surface area contributed by atoms with Crippen molar-refractivity contribution in [1.82, 2.24) is 19.5 Å². The molecular weight excluding hydrogens is 350 g/mol. The highest BCUT2D eigenvalue weighted by Gasteiger charge is 2.44. The van der Waals surface area contributed by atoms with Gasteiger partial charge in [0.15, 0.2) is 23.2 Å². The van der Waals surface area contributed by atoms with Crippen molar-refractivity contribution in [3.8, 4) is 6.01 Å². The number of hydrogen-bond donors (Lipinski definition) is 2. The predicted molar refractivity (Wildman–Crippen MR) is 97.4 cm³/mol. The lowest BCUT2D eigenvalue weighted by Gasteiger charge is -2.41. The molecule has 3 unspecified atom stereocenters. The SMILES string of the molecule is CN(C)c1ncnc2c1nc(OCc1ccccc1)n2C1OC(CO)C1O. The van der Waals surface area contributed by atoms with Crippen LogP contribution >= 0.6 is 0 Å². The van der Waals surface area contributed by atoms with Crippen molar-refractivity contribution in [1.29, 1.82) is 0 Å². The monoisotopic (exact) mass is 371 g/mol. The molecule has 3 heterocycles. The highest BCUT2D eigenvalue weighted by atomic mass is 16.6. The van der Waals surface area contributed by atoms with Gasteiger partial charge in [0.25, 0.3) is 0 Å². The van der Waals surface area contributed by atoms with E-state index in [2.05, 4.69) is 15.0 Å². The highest BCUT2D eigenvalue weighted by molar-refractivity contribution is 5.84. The highest BCUT2D eigenvalue weighted by Crippen LogP contribution is 2.38. The molecule has 1 fully saturated rings. The molecule has 2 aromatic heterocycles. The van der Waals surface area contributed by atoms with E-state index in [1.54, 1.807) is 4.57 Å². The Morgan fingerprint density at radius 2 is 2.00 bits per heavy atom. The second kappa shape index (κ2) is 7.10. The van der Waals surface area contributed by atoms with Gasteiger partial charge in [-0.05, 0) is 5.56 Å². The van der Waals surface area contributed by atoms with Gasteiger partial charge < -0.3 is 24.6 Å². The van der Waals surface area contributed by atoms with E-state index in [0.29, 0.717) is 23.6 Å². The lowest BCUT2D eigenvalue weighted by Crippen LogP contribution is -2.52. The Morgan fingerprint density at radius 3 is 2.67 bits per heavy atom. The fraction of sp³-hybridized carbons (Fsp3) is 0.389. The molecule has 4 rings (SSSR count). The molecular formula is C18H21N5O4. The van der Waals surface area contributed by atoms with Gasteiger partial charge in [0, 0.05) is 14.1 Å². The predicted octanol–water partition coefficient (Wildman–Crippen LogP) is 0.722. The maximum atomic E-state index is 10.3. The van der Waals surface area contributed by atoms with Crippen LogP contribution < -0.4 is 9.64 Å². The standard InChI is InChI=1S/C18H21N5O4/c1-22(2)15-13-16(20-10-19-15)23(17-14(25)12(8-24)27-17)18(21-13)26-9-11-6-4-3-5-7-11/h3-7,10,12,14,17,24-25H,8-9H2,1-2H3. The van der Waals surface area contributed by atoms with Gasteiger partial charge in [-0.3, -0.25) is 0 Å². The van der Waals surface area contributed by atoms with E-state index in [-0.39, 0.29) is 12.6 Å². The zero-order chi connectivity index (χ0) is 19.0. The number of ether oxygens (including phenoxy) is 2. The number of imidazole rings is 1. The average Bonchev–Trinajstić information content (AvgIpc) is 3.04. The van der Waals surface area contributed by atoms with Crippen LogP contribution in [-0.4, -0.2) is 62.6 Å². The average molecular weight is 371 g/mol. The number of hydrogen-bond acceptors (Lipinski definition) is 8. The topological polar surface area (TPSA) is 106 Å². The lowest BCUT2D eigenvalue weighted by molar-refractivity contribution is -0.265. The molecule has 9 heteroatoms. The van der Waals surface area contributed by atoms with Crippen molar-refractivity contribution in [3.05, 3.63) is 42.2 Å². The normalized spacial score (nSPS) is 21.9. The number of anilines is 1. The van der Waals surface area contributed by atoms with Crippen LogP contribution in [0.1, 0.15) is 11.8 Å². The Kier molecular flexibility index (Phi) is 4.65. The first kappa shape index (κ1) is 17.7. The van der Waals surface area contributed by atoms with Gasteiger partial charge in [-0.25, -0.2) is 14.5 Å². The second-order valence-electron chi connectivity index (χ2n) is 6.54. The summed E-state index contributed by atoms with van der Waals surface area (Å²) in [6.07, 6.45) is -0.817. The Hall–Kier alpha value is -2.75. The largest absolute Gasteiger partial charge is 0.460 e. The summed E-state index contributed by atoms with van der Waals surface area (Å²) in [7, 11) is 3.73. The summed E-state index contributed by atoms with van der Waals surface area (Å²) < 4.78 is 13.2. The van der Waals surface area contributed by atoms with Gasteiger partial charge >= 0.3 is 6.01 Å². The first-order chi connectivity index (χ1) is 13.1. The molecule has 0 aliphatic carbocycles. The molecule has 0 amide bonds. The van der Waals surface area contributed by atoms with Gasteiger partial charge in [0.1, 0.15) is 25.1 Å². The molecule has 0 radical (unpaired) electrons. The van der Waals surface area contributed by atoms with Gasteiger partial charge in [-0.2, -0.15) is 4.98 Å². The van der Waals surface area contributed by atoms with Crippen LogP contribution in [0, 0.1) is 0 Å². The number of rotatable bonds is 6. The minimum Gasteiger partial charge on any atom is -0.460 e. The van der Waals surface area contributed by atoms with Crippen molar-refractivity contribution in [3.63, 3.8) is 0 Å². The minimum absolute atomic E-state index is 0.261. The van der Waals surface area contributed by atoms with Crippen LogP contribution in [0.2, 0.25) is 0 Å². The summed E-state index contributed by atoms with van der Waals surface area (Å²) in [6.45, 7) is 0.0452. The van der Waals surface area contributed by atoms with E-state index in [9.17, 15) is 10.2 Å². The van der Waals surface area contributed by atoms with Crippen LogP contribution in [0.3, 0.4) is 0 Å². The van der Waals surface area contributed by atoms with Crippen LogP contribution in [0.5, 0.6) is 6.01 Å². The zero-order valence-electron chi connectivity index (χ0n) is 15.1. The summed E-state index contributed by atoms with van der Waals surface area (Å²) in [4.78, 5) is 15.0. The Balaban J connectivity index is 1.74. The first-order valence-electron chi connectivity index (χ1n) is 8.61. The molecule has 1 aromatic carbocycles. The quantitative estimate of drug-likeness (QED) is 0.653. The van der Waals surface area contributed by atoms with Crippen molar-refractivity contribution in [2.24, 2.45) is 0 Å². The minimum atomic E-state index is -0.885. The molecule has 142 valence electrons. The molecule has 0 spiro atoms. The van der Waals surface area contributed by atoms with E-state index in [1.807, 2.05) is 49.3 Å². The molecule has 0 saturated carbocycles. The number of aliphatic hydroxyl groups is 2. The van der Waals surface area contributed by atoms with Crippen LogP contribution in [0.25, 0.3) is 11.2 Å². The van der Waals surface area contributed by atoms with Crippen molar-refractivity contribution >= 4 is 17.0 Å². The summed E-state index contributed by atoms with van der Waals surface area (Å²) in [6, 6.07) is 9.98. The third kappa shape index (κ3) is 3.09. The molecule has 27 heavy (non-hydrogen) atoms. The number of benzene rings is 1. The Bertz CT molecular complexity index is 930. The fourth-order valence-corrected chi connectivity index (χ4v) is 3.06. The summed E-state index contributed by atoms with van der Waals surface area (Å²) in [5.74, 6) is 0.635. The molecule has 1 aliphatic heterocycles. The number of aliphatic hydroxyl groups excluding tert-OH is 2. The molecule has 0 bridgehead atoms. The molecule has 3 aromatic rings. The van der Waals surface area contributed by atoms with E-state index >= 15 is 0 Å². The maximum Gasteiger partial charge on any atom is 0.301 e. The van der Waals surface area contributed by atoms with Crippen LogP contribution in [-0.2, 0) is 11.3 Å². The summed E-state index contributed by atoms with van der Waals surface area (Å²) >= 11 is 0. The Labute approximate surface area is 155 Å². The van der Waals surface area contributed by atoms with Crippen molar-refractivity contribution < 1.29 is 19.7 Å². The van der Waals surface area contributed by atoms with E-state index in [1.165, 1.54) is 6.33 Å². The Morgan fingerprint density at radius 1 is 1.22 bits per heavy atom. The number of aromatic nitrogens is 4.